The van der Waals surface area contributed by atoms with Crippen LogP contribution in [0.4, 0.5) is 11.4 Å². The third-order valence-corrected chi connectivity index (χ3v) is 6.38. The first kappa shape index (κ1) is 26.5. The Morgan fingerprint density at radius 2 is 1.06 bits per heavy atom. The molecule has 0 spiro atoms. The molecule has 0 bridgehead atoms. The lowest BCUT2D eigenvalue weighted by Crippen LogP contribution is -2.10. The van der Waals surface area contributed by atoms with Gasteiger partial charge in [-0.1, -0.05) is 127 Å². The summed E-state index contributed by atoms with van der Waals surface area (Å²) in [6.07, 6.45) is 20.7. The van der Waals surface area contributed by atoms with E-state index < -0.39 is 0 Å². The maximum Gasteiger partial charge on any atom is 0.0580 e. The van der Waals surface area contributed by atoms with Gasteiger partial charge in [0.2, 0.25) is 0 Å². The molecular formula is C30H47NO. The van der Waals surface area contributed by atoms with Crippen LogP contribution in [-0.4, -0.2) is 11.2 Å². The van der Waals surface area contributed by atoms with Crippen molar-refractivity contribution >= 4 is 11.4 Å². The molecule has 2 aromatic carbocycles. The summed E-state index contributed by atoms with van der Waals surface area (Å²) in [5.74, 6) is 0. The second-order valence-electron chi connectivity index (χ2n) is 9.43. The number of hydrogen-bond donors (Lipinski definition) is 2. The van der Waals surface area contributed by atoms with Crippen molar-refractivity contribution in [2.24, 2.45) is 0 Å². The fourth-order valence-corrected chi connectivity index (χ4v) is 4.36. The molecule has 2 aromatic rings. The van der Waals surface area contributed by atoms with Crippen molar-refractivity contribution in [2.45, 2.75) is 116 Å². The Balaban J connectivity index is 1.42. The zero-order chi connectivity index (χ0) is 22.7. The number of aliphatic hydroxyl groups excluding tert-OH is 1. The van der Waals surface area contributed by atoms with Crippen molar-refractivity contribution in [3.63, 3.8) is 0 Å². The number of nitrogens with one attached hydrogen (secondary N) is 1. The van der Waals surface area contributed by atoms with E-state index in [0.29, 0.717) is 0 Å². The molecular weight excluding hydrogens is 390 g/mol. The average Bonchev–Trinajstić information content (AvgIpc) is 2.81. The topological polar surface area (TPSA) is 32.3 Å². The maximum atomic E-state index is 10.4. The van der Waals surface area contributed by atoms with Crippen molar-refractivity contribution < 1.29 is 5.11 Å². The lowest BCUT2D eigenvalue weighted by atomic mass is 10.0. The van der Waals surface area contributed by atoms with E-state index in [9.17, 15) is 5.11 Å². The average molecular weight is 438 g/mol. The molecule has 0 aliphatic carbocycles. The van der Waals surface area contributed by atoms with Gasteiger partial charge in [-0.3, -0.25) is 0 Å². The third-order valence-electron chi connectivity index (χ3n) is 6.38. The highest BCUT2D eigenvalue weighted by Gasteiger charge is 2.06. The number of unbranched alkanes of at least 4 members (excludes halogenated alkanes) is 13. The highest BCUT2D eigenvalue weighted by molar-refractivity contribution is 5.59. The van der Waals surface area contributed by atoms with E-state index in [0.717, 1.165) is 30.6 Å². The van der Waals surface area contributed by atoms with Gasteiger partial charge in [0.05, 0.1) is 6.10 Å². The van der Waals surface area contributed by atoms with Gasteiger partial charge in [-0.2, -0.15) is 0 Å². The summed E-state index contributed by atoms with van der Waals surface area (Å²) in [5.41, 5.74) is 3.39. The van der Waals surface area contributed by atoms with Gasteiger partial charge in [0.1, 0.15) is 0 Å². The molecule has 2 rings (SSSR count). The molecule has 0 saturated heterocycles. The summed E-state index contributed by atoms with van der Waals surface area (Å²) < 4.78 is 0. The Morgan fingerprint density at radius 3 is 1.59 bits per heavy atom. The molecule has 0 aliphatic rings. The zero-order valence-corrected chi connectivity index (χ0v) is 20.5. The van der Waals surface area contributed by atoms with E-state index in [-0.39, 0.29) is 6.10 Å². The molecule has 2 N–H and O–H groups in total. The van der Waals surface area contributed by atoms with Crippen LogP contribution in [0, 0.1) is 0 Å². The summed E-state index contributed by atoms with van der Waals surface area (Å²) >= 11 is 0. The summed E-state index contributed by atoms with van der Waals surface area (Å²) in [6, 6.07) is 18.7. The van der Waals surface area contributed by atoms with Gasteiger partial charge in [0, 0.05) is 11.4 Å². The lowest BCUT2D eigenvalue weighted by molar-refractivity contribution is 0.161. The monoisotopic (exact) mass is 437 g/mol. The first-order chi connectivity index (χ1) is 15.8. The molecule has 0 saturated carbocycles. The molecule has 0 heterocycles. The van der Waals surface area contributed by atoms with E-state index in [1.807, 2.05) is 18.2 Å². The minimum Gasteiger partial charge on any atom is -0.393 e. The fraction of sp³-hybridized carbons (Fsp3) is 0.600. The molecule has 0 fully saturated rings. The van der Waals surface area contributed by atoms with Gasteiger partial charge >= 0.3 is 0 Å². The zero-order valence-electron chi connectivity index (χ0n) is 20.5. The Hall–Kier alpha value is -1.80. The van der Waals surface area contributed by atoms with Gasteiger partial charge in [-0.25, -0.2) is 0 Å². The summed E-state index contributed by atoms with van der Waals surface area (Å²) in [7, 11) is 0. The Morgan fingerprint density at radius 1 is 0.594 bits per heavy atom. The number of anilines is 2. The Labute approximate surface area is 197 Å². The normalized spacial score (nSPS) is 12.1. The first-order valence-electron chi connectivity index (χ1n) is 13.4. The van der Waals surface area contributed by atoms with Crippen molar-refractivity contribution in [1.29, 1.82) is 0 Å². The van der Waals surface area contributed by atoms with E-state index in [4.69, 9.17) is 0 Å². The van der Waals surface area contributed by atoms with Gasteiger partial charge in [0.25, 0.3) is 0 Å². The summed E-state index contributed by atoms with van der Waals surface area (Å²) in [4.78, 5) is 0. The van der Waals surface area contributed by atoms with E-state index in [1.165, 1.54) is 89.0 Å². The number of aliphatic hydroxyl groups is 1. The molecule has 2 nitrogen and oxygen atoms in total. The van der Waals surface area contributed by atoms with Crippen LogP contribution in [0.5, 0.6) is 0 Å². The fourth-order valence-electron chi connectivity index (χ4n) is 4.36. The standard InChI is InChI=1S/C30H47NO/c1-2-3-4-5-6-7-8-9-10-11-12-13-14-18-21-30(32)26-27-22-24-29(25-23-27)31-28-19-16-15-17-20-28/h15-17,19-20,22-25,30-32H,2-14,18,21,26H2,1H3. The van der Waals surface area contributed by atoms with E-state index in [1.54, 1.807) is 0 Å². The molecule has 0 amide bonds. The SMILES string of the molecule is CCCCCCCCCCCCCCCCC(O)Cc1ccc(Nc2ccccc2)cc1. The van der Waals surface area contributed by atoms with Gasteiger partial charge in [-0.15, -0.1) is 0 Å². The van der Waals surface area contributed by atoms with Crippen molar-refractivity contribution in [3.8, 4) is 0 Å². The lowest BCUT2D eigenvalue weighted by Gasteiger charge is -2.12. The number of rotatable bonds is 19. The molecule has 1 atom stereocenters. The Kier molecular flexibility index (Phi) is 14.6. The third kappa shape index (κ3) is 12.9. The summed E-state index contributed by atoms with van der Waals surface area (Å²) in [5, 5.41) is 13.8. The van der Waals surface area contributed by atoms with Crippen LogP contribution in [0.3, 0.4) is 0 Å². The van der Waals surface area contributed by atoms with Crippen LogP contribution in [-0.2, 0) is 6.42 Å². The molecule has 1 unspecified atom stereocenters. The van der Waals surface area contributed by atoms with Gasteiger partial charge < -0.3 is 10.4 Å². The van der Waals surface area contributed by atoms with Crippen molar-refractivity contribution in [1.82, 2.24) is 0 Å². The van der Waals surface area contributed by atoms with Gasteiger partial charge in [-0.05, 0) is 42.7 Å². The largest absolute Gasteiger partial charge is 0.393 e. The molecule has 178 valence electrons. The molecule has 0 aromatic heterocycles. The highest BCUT2D eigenvalue weighted by atomic mass is 16.3. The minimum atomic E-state index is -0.222. The maximum absolute atomic E-state index is 10.4. The second-order valence-corrected chi connectivity index (χ2v) is 9.43. The molecule has 32 heavy (non-hydrogen) atoms. The predicted octanol–water partition coefficient (Wildman–Crippen LogP) is 9.21. The first-order valence-corrected chi connectivity index (χ1v) is 13.4. The quantitative estimate of drug-likeness (QED) is 0.215. The highest BCUT2D eigenvalue weighted by Crippen LogP contribution is 2.19. The van der Waals surface area contributed by atoms with Crippen LogP contribution in [0.1, 0.15) is 109 Å². The summed E-state index contributed by atoms with van der Waals surface area (Å²) in [6.45, 7) is 2.28. The minimum absolute atomic E-state index is 0.222. The number of para-hydroxylation sites is 1. The number of benzene rings is 2. The van der Waals surface area contributed by atoms with Crippen LogP contribution < -0.4 is 5.32 Å². The van der Waals surface area contributed by atoms with Crippen LogP contribution in [0.2, 0.25) is 0 Å². The second kappa shape index (κ2) is 17.7. The van der Waals surface area contributed by atoms with E-state index in [2.05, 4.69) is 48.6 Å². The van der Waals surface area contributed by atoms with Crippen LogP contribution >= 0.6 is 0 Å². The molecule has 0 radical (unpaired) electrons. The molecule has 0 aliphatic heterocycles. The molecule has 2 heteroatoms. The van der Waals surface area contributed by atoms with Crippen molar-refractivity contribution in [2.75, 3.05) is 5.32 Å². The number of hydrogen-bond acceptors (Lipinski definition) is 2. The Bertz CT molecular complexity index is 667. The van der Waals surface area contributed by atoms with Crippen LogP contribution in [0.25, 0.3) is 0 Å². The van der Waals surface area contributed by atoms with E-state index >= 15 is 0 Å². The smallest absolute Gasteiger partial charge is 0.0580 e. The van der Waals surface area contributed by atoms with Crippen molar-refractivity contribution in [3.05, 3.63) is 60.2 Å². The van der Waals surface area contributed by atoms with Crippen LogP contribution in [0.15, 0.2) is 54.6 Å². The predicted molar refractivity (Wildman–Crippen MR) is 141 cm³/mol. The van der Waals surface area contributed by atoms with Gasteiger partial charge in [0.15, 0.2) is 0 Å².